The zero-order valence-corrected chi connectivity index (χ0v) is 9.66. The van der Waals surface area contributed by atoms with Crippen LogP contribution in [0, 0.1) is 0 Å². The third-order valence-corrected chi connectivity index (χ3v) is 2.53. The zero-order valence-electron chi connectivity index (χ0n) is 9.66. The number of carboxylic acid groups (broad SMARTS) is 1. The predicted molar refractivity (Wildman–Crippen MR) is 65.6 cm³/mol. The van der Waals surface area contributed by atoms with Crippen molar-refractivity contribution in [1.82, 2.24) is 4.57 Å². The number of methoxy groups -OCH3 is 1. The van der Waals surface area contributed by atoms with E-state index in [2.05, 4.69) is 0 Å². The van der Waals surface area contributed by atoms with Gasteiger partial charge in [0.1, 0.15) is 11.3 Å². The Hall–Kier alpha value is -2.56. The molecular weight excluding hydrogens is 234 g/mol. The van der Waals surface area contributed by atoms with E-state index in [1.165, 1.54) is 22.9 Å². The van der Waals surface area contributed by atoms with Crippen LogP contribution in [-0.2, 0) is 0 Å². The highest BCUT2D eigenvalue weighted by Crippen LogP contribution is 2.13. The average Bonchev–Trinajstić information content (AvgIpc) is 2.39. The highest BCUT2D eigenvalue weighted by molar-refractivity contribution is 5.87. The largest absolute Gasteiger partial charge is 0.497 e. The quantitative estimate of drug-likeness (QED) is 0.890. The maximum Gasteiger partial charge on any atom is 0.341 e. The summed E-state index contributed by atoms with van der Waals surface area (Å²) in [6.45, 7) is 0. The minimum absolute atomic E-state index is 0.256. The molecule has 0 saturated heterocycles. The van der Waals surface area contributed by atoms with E-state index in [1.54, 1.807) is 31.4 Å². The number of aromatic nitrogens is 1. The van der Waals surface area contributed by atoms with Crippen molar-refractivity contribution in [1.29, 1.82) is 0 Å². The summed E-state index contributed by atoms with van der Waals surface area (Å²) >= 11 is 0. The molecule has 2 aromatic rings. The molecule has 1 N–H and O–H groups in total. The minimum atomic E-state index is -1.23. The molecule has 18 heavy (non-hydrogen) atoms. The Morgan fingerprint density at radius 2 is 1.89 bits per heavy atom. The molecule has 0 spiro atoms. The first-order chi connectivity index (χ1) is 8.63. The van der Waals surface area contributed by atoms with Crippen molar-refractivity contribution in [3.8, 4) is 11.4 Å². The van der Waals surface area contributed by atoms with E-state index >= 15 is 0 Å². The number of carbonyl (C=O) groups is 1. The number of nitrogens with zero attached hydrogens (tertiary/aromatic N) is 1. The van der Waals surface area contributed by atoms with Gasteiger partial charge in [-0.3, -0.25) is 9.36 Å². The standard InChI is InChI=1S/C13H11NO4/c1-18-10-6-4-9(5-7-10)14-8-2-3-11(12(14)15)13(16)17/h2-8H,1H3,(H,16,17). The summed E-state index contributed by atoms with van der Waals surface area (Å²) in [5.74, 6) is -0.566. The molecule has 0 aliphatic heterocycles. The normalized spacial score (nSPS) is 10.1. The Bertz CT molecular complexity index is 628. The van der Waals surface area contributed by atoms with E-state index in [-0.39, 0.29) is 5.56 Å². The van der Waals surface area contributed by atoms with E-state index in [0.717, 1.165) is 0 Å². The fourth-order valence-electron chi connectivity index (χ4n) is 1.60. The molecule has 0 amide bonds. The summed E-state index contributed by atoms with van der Waals surface area (Å²) in [7, 11) is 1.55. The van der Waals surface area contributed by atoms with Crippen LogP contribution in [0.15, 0.2) is 47.4 Å². The fourth-order valence-corrected chi connectivity index (χ4v) is 1.60. The molecule has 1 heterocycles. The molecule has 5 heteroatoms. The molecule has 1 aromatic heterocycles. The molecule has 0 atom stereocenters. The Morgan fingerprint density at radius 1 is 1.22 bits per heavy atom. The maximum atomic E-state index is 11.9. The number of benzene rings is 1. The molecule has 0 unspecified atom stereocenters. The third kappa shape index (κ3) is 2.10. The number of rotatable bonds is 3. The maximum absolute atomic E-state index is 11.9. The number of hydrogen-bond donors (Lipinski definition) is 1. The van der Waals surface area contributed by atoms with Crippen LogP contribution in [-0.4, -0.2) is 22.8 Å². The first kappa shape index (κ1) is 11.9. The summed E-state index contributed by atoms with van der Waals surface area (Å²) in [5.41, 5.74) is -0.229. The summed E-state index contributed by atoms with van der Waals surface area (Å²) in [4.78, 5) is 22.8. The van der Waals surface area contributed by atoms with Crippen LogP contribution in [0.2, 0.25) is 0 Å². The number of pyridine rings is 1. The van der Waals surface area contributed by atoms with E-state index in [4.69, 9.17) is 9.84 Å². The third-order valence-electron chi connectivity index (χ3n) is 2.53. The van der Waals surface area contributed by atoms with Gasteiger partial charge in [-0.15, -0.1) is 0 Å². The van der Waals surface area contributed by atoms with Gasteiger partial charge in [0.15, 0.2) is 0 Å². The van der Waals surface area contributed by atoms with Gasteiger partial charge in [0.2, 0.25) is 0 Å². The van der Waals surface area contributed by atoms with Gasteiger partial charge in [-0.2, -0.15) is 0 Å². The molecule has 2 rings (SSSR count). The molecule has 92 valence electrons. The van der Waals surface area contributed by atoms with E-state index in [9.17, 15) is 9.59 Å². The molecule has 0 saturated carbocycles. The Kier molecular flexibility index (Phi) is 3.14. The average molecular weight is 245 g/mol. The first-order valence-electron chi connectivity index (χ1n) is 5.23. The molecule has 5 nitrogen and oxygen atoms in total. The minimum Gasteiger partial charge on any atom is -0.497 e. The van der Waals surface area contributed by atoms with Gasteiger partial charge < -0.3 is 9.84 Å². The van der Waals surface area contributed by atoms with Gasteiger partial charge in [-0.05, 0) is 36.4 Å². The van der Waals surface area contributed by atoms with E-state index in [0.29, 0.717) is 11.4 Å². The van der Waals surface area contributed by atoms with Gasteiger partial charge in [-0.25, -0.2) is 4.79 Å². The van der Waals surface area contributed by atoms with Crippen molar-refractivity contribution in [3.05, 3.63) is 58.5 Å². The van der Waals surface area contributed by atoms with Crippen LogP contribution in [0.25, 0.3) is 5.69 Å². The van der Waals surface area contributed by atoms with Crippen molar-refractivity contribution in [2.24, 2.45) is 0 Å². The molecule has 0 radical (unpaired) electrons. The Labute approximate surface area is 103 Å². The lowest BCUT2D eigenvalue weighted by atomic mass is 10.2. The predicted octanol–water partition coefficient (Wildman–Crippen LogP) is 1.54. The van der Waals surface area contributed by atoms with Crippen LogP contribution in [0.5, 0.6) is 5.75 Å². The summed E-state index contributed by atoms with van der Waals surface area (Å²) in [6.07, 6.45) is 1.52. The second kappa shape index (κ2) is 4.75. The Morgan fingerprint density at radius 3 is 2.44 bits per heavy atom. The highest BCUT2D eigenvalue weighted by atomic mass is 16.5. The number of ether oxygens (including phenoxy) is 1. The van der Waals surface area contributed by atoms with Crippen molar-refractivity contribution in [2.45, 2.75) is 0 Å². The summed E-state index contributed by atoms with van der Waals surface area (Å²) in [6, 6.07) is 9.59. The summed E-state index contributed by atoms with van der Waals surface area (Å²) in [5, 5.41) is 8.89. The highest BCUT2D eigenvalue weighted by Gasteiger charge is 2.10. The Balaban J connectivity index is 2.53. The molecule has 0 aliphatic rings. The lowest BCUT2D eigenvalue weighted by molar-refractivity contribution is 0.0694. The van der Waals surface area contributed by atoms with E-state index < -0.39 is 11.5 Å². The monoisotopic (exact) mass is 245 g/mol. The van der Waals surface area contributed by atoms with Crippen molar-refractivity contribution in [2.75, 3.05) is 7.11 Å². The number of aromatic carboxylic acids is 1. The van der Waals surface area contributed by atoms with Crippen LogP contribution in [0.1, 0.15) is 10.4 Å². The summed E-state index contributed by atoms with van der Waals surface area (Å²) < 4.78 is 6.30. The van der Waals surface area contributed by atoms with Gasteiger partial charge in [0.05, 0.1) is 7.11 Å². The lowest BCUT2D eigenvalue weighted by Crippen LogP contribution is -2.24. The zero-order chi connectivity index (χ0) is 13.1. The van der Waals surface area contributed by atoms with Gasteiger partial charge >= 0.3 is 5.97 Å². The topological polar surface area (TPSA) is 68.5 Å². The van der Waals surface area contributed by atoms with E-state index in [1.807, 2.05) is 0 Å². The molecule has 0 fully saturated rings. The second-order valence-electron chi connectivity index (χ2n) is 3.60. The van der Waals surface area contributed by atoms with Crippen molar-refractivity contribution in [3.63, 3.8) is 0 Å². The van der Waals surface area contributed by atoms with Crippen molar-refractivity contribution >= 4 is 5.97 Å². The fraction of sp³-hybridized carbons (Fsp3) is 0.0769. The molecule has 0 aliphatic carbocycles. The van der Waals surface area contributed by atoms with Crippen LogP contribution in [0.4, 0.5) is 0 Å². The van der Waals surface area contributed by atoms with Crippen LogP contribution in [0.3, 0.4) is 0 Å². The second-order valence-corrected chi connectivity index (χ2v) is 3.60. The molecular formula is C13H11NO4. The number of carboxylic acids is 1. The van der Waals surface area contributed by atoms with Crippen molar-refractivity contribution < 1.29 is 14.6 Å². The van der Waals surface area contributed by atoms with Crippen LogP contribution < -0.4 is 10.3 Å². The van der Waals surface area contributed by atoms with Crippen LogP contribution >= 0.6 is 0 Å². The van der Waals surface area contributed by atoms with Gasteiger partial charge in [0, 0.05) is 11.9 Å². The smallest absolute Gasteiger partial charge is 0.341 e. The van der Waals surface area contributed by atoms with Gasteiger partial charge in [-0.1, -0.05) is 0 Å². The molecule has 1 aromatic carbocycles. The first-order valence-corrected chi connectivity index (χ1v) is 5.23. The SMILES string of the molecule is COc1ccc(-n2cccc(C(=O)O)c2=O)cc1. The lowest BCUT2D eigenvalue weighted by Gasteiger charge is -2.07. The van der Waals surface area contributed by atoms with Gasteiger partial charge in [0.25, 0.3) is 5.56 Å². The number of hydrogen-bond acceptors (Lipinski definition) is 3. The molecule has 0 bridgehead atoms.